The average Bonchev–Trinajstić information content (AvgIpc) is 3.26. The molecule has 0 aliphatic carbocycles. The Hall–Kier alpha value is -3.49. The van der Waals surface area contributed by atoms with Crippen LogP contribution in [0.1, 0.15) is 40.8 Å². The predicted octanol–water partition coefficient (Wildman–Crippen LogP) is 3.97. The van der Waals surface area contributed by atoms with Crippen LogP contribution in [0.5, 0.6) is 0 Å². The van der Waals surface area contributed by atoms with E-state index in [1.165, 1.54) is 16.7 Å². The van der Waals surface area contributed by atoms with E-state index in [0.717, 1.165) is 61.7 Å². The Bertz CT molecular complexity index is 1160. The number of piperidine rings is 1. The highest BCUT2D eigenvalue weighted by Gasteiger charge is 2.30. The van der Waals surface area contributed by atoms with Crippen molar-refractivity contribution in [1.82, 2.24) is 24.8 Å². The topological polar surface area (TPSA) is 95.2 Å². The van der Waals surface area contributed by atoms with Crippen molar-refractivity contribution in [2.24, 2.45) is 5.84 Å². The number of pyridine rings is 1. The number of anilines is 3. The summed E-state index contributed by atoms with van der Waals surface area (Å²) < 4.78 is 0. The average molecular weight is 457 g/mol. The van der Waals surface area contributed by atoms with Gasteiger partial charge in [-0.1, -0.05) is 12.6 Å². The van der Waals surface area contributed by atoms with Crippen molar-refractivity contribution in [2.45, 2.75) is 45.8 Å². The minimum atomic E-state index is 0.538. The number of nitrogens with zero attached hydrogens (tertiary/aromatic N) is 5. The lowest BCUT2D eigenvalue weighted by Crippen LogP contribution is -2.42. The maximum atomic E-state index is 5.42. The molecule has 0 spiro atoms. The molecule has 8 nitrogen and oxygen atoms in total. The van der Waals surface area contributed by atoms with Gasteiger partial charge in [0.05, 0.1) is 5.69 Å². The van der Waals surface area contributed by atoms with Crippen molar-refractivity contribution in [3.8, 4) is 0 Å². The maximum Gasteiger partial charge on any atom is 0.227 e. The predicted molar refractivity (Wildman–Crippen MR) is 136 cm³/mol. The third kappa shape index (κ3) is 4.73. The third-order valence-electron chi connectivity index (χ3n) is 6.77. The van der Waals surface area contributed by atoms with Gasteiger partial charge in [0.25, 0.3) is 0 Å². The lowest BCUT2D eigenvalue weighted by Gasteiger charge is -2.38. The van der Waals surface area contributed by atoms with Crippen molar-refractivity contribution in [3.05, 3.63) is 77.3 Å². The molecule has 34 heavy (non-hydrogen) atoms. The number of hydrogen-bond acceptors (Lipinski definition) is 8. The maximum absolute atomic E-state index is 5.42. The first-order valence-corrected chi connectivity index (χ1v) is 11.8. The molecule has 8 heteroatoms. The van der Waals surface area contributed by atoms with Crippen LogP contribution in [0.25, 0.3) is 5.70 Å². The van der Waals surface area contributed by atoms with E-state index in [1.54, 1.807) is 0 Å². The van der Waals surface area contributed by atoms with Crippen LogP contribution in [0.4, 0.5) is 17.5 Å². The van der Waals surface area contributed by atoms with E-state index in [4.69, 9.17) is 10.8 Å². The van der Waals surface area contributed by atoms with E-state index in [-0.39, 0.29) is 0 Å². The minimum absolute atomic E-state index is 0.538. The Morgan fingerprint density at radius 2 is 1.79 bits per heavy atom. The molecule has 0 saturated carbocycles. The van der Waals surface area contributed by atoms with Gasteiger partial charge in [-0.3, -0.25) is 4.90 Å². The van der Waals surface area contributed by atoms with Gasteiger partial charge in [-0.25, -0.2) is 20.8 Å². The molecule has 3 aromatic rings. The number of hydrazine groups is 1. The number of nitrogen functional groups attached to an aromatic ring is 1. The highest BCUT2D eigenvalue weighted by atomic mass is 15.3. The van der Waals surface area contributed by atoms with Gasteiger partial charge in [-0.05, 0) is 62.1 Å². The molecule has 2 aromatic heterocycles. The summed E-state index contributed by atoms with van der Waals surface area (Å²) in [7, 11) is 0. The summed E-state index contributed by atoms with van der Waals surface area (Å²) in [5.74, 6) is 6.74. The van der Waals surface area contributed by atoms with Crippen molar-refractivity contribution >= 4 is 23.2 Å². The highest BCUT2D eigenvalue weighted by molar-refractivity contribution is 5.62. The Morgan fingerprint density at radius 3 is 2.47 bits per heavy atom. The monoisotopic (exact) mass is 456 g/mol. The second-order valence-electron chi connectivity index (χ2n) is 9.31. The normalized spacial score (nSPS) is 16.4. The Kier molecular flexibility index (Phi) is 6.17. The molecule has 176 valence electrons. The van der Waals surface area contributed by atoms with E-state index in [2.05, 4.69) is 69.1 Å². The summed E-state index contributed by atoms with van der Waals surface area (Å²) >= 11 is 0. The molecule has 0 radical (unpaired) electrons. The van der Waals surface area contributed by atoms with E-state index in [9.17, 15) is 0 Å². The summed E-state index contributed by atoms with van der Waals surface area (Å²) in [4.78, 5) is 18.6. The molecule has 1 aromatic carbocycles. The number of hydrogen-bond donors (Lipinski definition) is 3. The number of rotatable bonds is 6. The number of nitrogens with one attached hydrogen (secondary N) is 2. The summed E-state index contributed by atoms with van der Waals surface area (Å²) in [6, 6.07) is 10.8. The van der Waals surface area contributed by atoms with Gasteiger partial charge >= 0.3 is 0 Å². The molecular formula is C26H32N8. The van der Waals surface area contributed by atoms with Gasteiger partial charge in [0.15, 0.2) is 0 Å². The molecule has 0 bridgehead atoms. The fourth-order valence-electron chi connectivity index (χ4n) is 5.01. The Morgan fingerprint density at radius 1 is 1.03 bits per heavy atom. The quantitative estimate of drug-likeness (QED) is 0.379. The van der Waals surface area contributed by atoms with Gasteiger partial charge in [-0.2, -0.15) is 0 Å². The summed E-state index contributed by atoms with van der Waals surface area (Å²) in [6.45, 7) is 12.3. The van der Waals surface area contributed by atoms with E-state index < -0.39 is 0 Å². The molecule has 1 fully saturated rings. The summed E-state index contributed by atoms with van der Waals surface area (Å²) in [5.41, 5.74) is 10.5. The molecule has 1 saturated heterocycles. The van der Waals surface area contributed by atoms with Crippen molar-refractivity contribution in [1.29, 1.82) is 0 Å². The zero-order valence-corrected chi connectivity index (χ0v) is 19.9. The molecule has 4 N–H and O–H groups in total. The van der Waals surface area contributed by atoms with Gasteiger partial charge in [-0.15, -0.1) is 0 Å². The van der Waals surface area contributed by atoms with Crippen LogP contribution in [-0.2, 0) is 13.1 Å². The fourth-order valence-corrected chi connectivity index (χ4v) is 5.01. The van der Waals surface area contributed by atoms with Crippen LogP contribution < -0.4 is 16.6 Å². The molecule has 0 atom stereocenters. The van der Waals surface area contributed by atoms with E-state index in [1.807, 2.05) is 24.5 Å². The Balaban J connectivity index is 1.18. The number of fused-ring (bicyclic) bond motifs is 1. The lowest BCUT2D eigenvalue weighted by molar-refractivity contribution is 0.131. The number of benzene rings is 1. The fraction of sp³-hybridized carbons (Fsp3) is 0.346. The second-order valence-corrected chi connectivity index (χ2v) is 9.31. The van der Waals surface area contributed by atoms with Crippen LogP contribution in [0, 0.1) is 13.8 Å². The zero-order chi connectivity index (χ0) is 23.7. The van der Waals surface area contributed by atoms with Gasteiger partial charge in [0, 0.05) is 67.1 Å². The van der Waals surface area contributed by atoms with E-state index >= 15 is 0 Å². The molecule has 5 rings (SSSR count). The van der Waals surface area contributed by atoms with Crippen molar-refractivity contribution < 1.29 is 0 Å². The summed E-state index contributed by atoms with van der Waals surface area (Å²) in [6.07, 6.45) is 6.01. The first-order valence-electron chi connectivity index (χ1n) is 11.8. The van der Waals surface area contributed by atoms with Crippen LogP contribution in [-0.4, -0.2) is 43.9 Å². The highest BCUT2D eigenvalue weighted by Crippen LogP contribution is 2.30. The number of aromatic nitrogens is 3. The zero-order valence-electron chi connectivity index (χ0n) is 19.9. The standard InChI is InChI=1S/C26H32N8/c1-17-10-18(2)12-22(11-17)30-26-29-14-21-15-34(16-24(21)31-26)23-6-8-33(9-7-23)19(3)20-4-5-25(32-27)28-13-20/h4-5,10-14,23H,3,6-9,15-16,27H2,1-2H3,(H,28,32)(H,29,30,31). The molecule has 0 amide bonds. The molecule has 2 aliphatic heterocycles. The second kappa shape index (κ2) is 9.40. The van der Waals surface area contributed by atoms with Crippen LogP contribution in [0.3, 0.4) is 0 Å². The van der Waals surface area contributed by atoms with Gasteiger partial charge < -0.3 is 15.6 Å². The smallest absolute Gasteiger partial charge is 0.227 e. The van der Waals surface area contributed by atoms with Crippen molar-refractivity contribution in [3.63, 3.8) is 0 Å². The molecular weight excluding hydrogens is 424 g/mol. The molecule has 4 heterocycles. The Labute approximate surface area is 200 Å². The third-order valence-corrected chi connectivity index (χ3v) is 6.77. The molecule has 2 aliphatic rings. The van der Waals surface area contributed by atoms with Crippen molar-refractivity contribution in [2.75, 3.05) is 23.8 Å². The first kappa shape index (κ1) is 22.3. The SMILES string of the molecule is C=C(c1ccc(NN)nc1)N1CCC(N2Cc3cnc(Nc4cc(C)cc(C)c4)nc3C2)CC1. The number of aryl methyl sites for hydroxylation is 2. The van der Waals surface area contributed by atoms with E-state index in [0.29, 0.717) is 17.8 Å². The largest absolute Gasteiger partial charge is 0.371 e. The molecule has 0 unspecified atom stereocenters. The lowest BCUT2D eigenvalue weighted by atomic mass is 10.0. The van der Waals surface area contributed by atoms with Gasteiger partial charge in [0.1, 0.15) is 5.82 Å². The van der Waals surface area contributed by atoms with Gasteiger partial charge in [0.2, 0.25) is 5.95 Å². The van der Waals surface area contributed by atoms with Crippen LogP contribution in [0.2, 0.25) is 0 Å². The first-order chi connectivity index (χ1) is 16.5. The van der Waals surface area contributed by atoms with Crippen LogP contribution >= 0.6 is 0 Å². The van der Waals surface area contributed by atoms with Crippen LogP contribution in [0.15, 0.2) is 49.3 Å². The number of likely N-dealkylation sites (tertiary alicyclic amines) is 1. The minimum Gasteiger partial charge on any atom is -0.371 e. The number of nitrogens with two attached hydrogens (primary N) is 1. The summed E-state index contributed by atoms with van der Waals surface area (Å²) in [5, 5.41) is 3.38.